The molecule has 18 heavy (non-hydrogen) atoms. The van der Waals surface area contributed by atoms with E-state index < -0.39 is 5.54 Å². The Balaban J connectivity index is 2.04. The van der Waals surface area contributed by atoms with Gasteiger partial charge in [0.1, 0.15) is 5.54 Å². The Bertz CT molecular complexity index is 488. The Morgan fingerprint density at radius 3 is 2.89 bits per heavy atom. The van der Waals surface area contributed by atoms with Crippen molar-refractivity contribution >= 4 is 11.6 Å². The van der Waals surface area contributed by atoms with Crippen LogP contribution in [0.5, 0.6) is 0 Å². The highest BCUT2D eigenvalue weighted by molar-refractivity contribution is 6.31. The highest BCUT2D eigenvalue weighted by Crippen LogP contribution is 2.36. The van der Waals surface area contributed by atoms with E-state index in [4.69, 9.17) is 17.3 Å². The summed E-state index contributed by atoms with van der Waals surface area (Å²) in [6, 6.07) is 2.28. The number of hydrogen-bond donors (Lipinski definition) is 1. The van der Waals surface area contributed by atoms with Crippen LogP contribution >= 0.6 is 11.6 Å². The molecule has 1 aliphatic rings. The average molecular weight is 267 g/mol. The van der Waals surface area contributed by atoms with E-state index in [1.807, 2.05) is 18.5 Å². The van der Waals surface area contributed by atoms with E-state index in [0.29, 0.717) is 0 Å². The van der Waals surface area contributed by atoms with E-state index in [1.54, 1.807) is 0 Å². The van der Waals surface area contributed by atoms with Gasteiger partial charge in [-0.15, -0.1) is 0 Å². The SMILES string of the molecule is Cc1nn(CCC2CCCC2(N)C#N)c(C)c1Cl. The lowest BCUT2D eigenvalue weighted by molar-refractivity contribution is 0.344. The van der Waals surface area contributed by atoms with Gasteiger partial charge in [-0.1, -0.05) is 18.0 Å². The maximum Gasteiger partial charge on any atom is 0.107 e. The molecule has 0 bridgehead atoms. The fraction of sp³-hybridized carbons (Fsp3) is 0.692. The summed E-state index contributed by atoms with van der Waals surface area (Å²) in [5, 5.41) is 14.3. The first-order chi connectivity index (χ1) is 8.48. The molecule has 0 aromatic carbocycles. The lowest BCUT2D eigenvalue weighted by Gasteiger charge is -2.23. The molecule has 2 N–H and O–H groups in total. The van der Waals surface area contributed by atoms with Gasteiger partial charge in [0.2, 0.25) is 0 Å². The van der Waals surface area contributed by atoms with Gasteiger partial charge in [0.05, 0.1) is 22.5 Å². The molecule has 2 unspecified atom stereocenters. The van der Waals surface area contributed by atoms with Crippen molar-refractivity contribution in [3.8, 4) is 6.07 Å². The lowest BCUT2D eigenvalue weighted by Crippen LogP contribution is -2.42. The molecule has 0 aliphatic heterocycles. The Kier molecular flexibility index (Phi) is 3.65. The number of aromatic nitrogens is 2. The normalized spacial score (nSPS) is 27.4. The molecule has 1 saturated carbocycles. The van der Waals surface area contributed by atoms with Gasteiger partial charge in [-0.2, -0.15) is 10.4 Å². The van der Waals surface area contributed by atoms with E-state index in [2.05, 4.69) is 11.2 Å². The lowest BCUT2D eigenvalue weighted by atomic mass is 9.87. The van der Waals surface area contributed by atoms with Crippen LogP contribution in [0.25, 0.3) is 0 Å². The number of nitriles is 1. The summed E-state index contributed by atoms with van der Waals surface area (Å²) in [7, 11) is 0. The third-order valence-electron chi connectivity index (χ3n) is 4.06. The van der Waals surface area contributed by atoms with Gasteiger partial charge in [0.15, 0.2) is 0 Å². The van der Waals surface area contributed by atoms with Gasteiger partial charge < -0.3 is 5.73 Å². The number of hydrogen-bond acceptors (Lipinski definition) is 3. The van der Waals surface area contributed by atoms with Crippen LogP contribution in [0.15, 0.2) is 0 Å². The highest BCUT2D eigenvalue weighted by atomic mass is 35.5. The summed E-state index contributed by atoms with van der Waals surface area (Å²) in [5.41, 5.74) is 7.34. The second-order valence-corrected chi connectivity index (χ2v) is 5.62. The van der Waals surface area contributed by atoms with Gasteiger partial charge >= 0.3 is 0 Å². The summed E-state index contributed by atoms with van der Waals surface area (Å²) >= 11 is 6.12. The first kappa shape index (κ1) is 13.4. The Hall–Kier alpha value is -1.05. The van der Waals surface area contributed by atoms with Crippen LogP contribution in [-0.4, -0.2) is 15.3 Å². The van der Waals surface area contributed by atoms with Crippen molar-refractivity contribution in [3.63, 3.8) is 0 Å². The van der Waals surface area contributed by atoms with Crippen LogP contribution in [0.4, 0.5) is 0 Å². The van der Waals surface area contributed by atoms with Crippen molar-refractivity contribution in [1.29, 1.82) is 5.26 Å². The fourth-order valence-corrected chi connectivity index (χ4v) is 2.96. The van der Waals surface area contributed by atoms with Crippen molar-refractivity contribution in [2.24, 2.45) is 11.7 Å². The molecule has 0 radical (unpaired) electrons. The van der Waals surface area contributed by atoms with Crippen molar-refractivity contribution in [2.75, 3.05) is 0 Å². The maximum atomic E-state index is 9.18. The highest BCUT2D eigenvalue weighted by Gasteiger charge is 2.39. The van der Waals surface area contributed by atoms with Crippen molar-refractivity contribution in [2.45, 2.75) is 51.6 Å². The van der Waals surface area contributed by atoms with Crippen LogP contribution in [-0.2, 0) is 6.54 Å². The smallest absolute Gasteiger partial charge is 0.107 e. The standard InChI is InChI=1S/C13H19ClN4/c1-9-12(14)10(2)18(17-9)7-5-11-4-3-6-13(11,16)8-15/h11H,3-7,16H2,1-2H3. The van der Waals surface area contributed by atoms with Gasteiger partial charge in [0.25, 0.3) is 0 Å². The second-order valence-electron chi connectivity index (χ2n) is 5.24. The number of rotatable bonds is 3. The fourth-order valence-electron chi connectivity index (χ4n) is 2.82. The predicted molar refractivity (Wildman–Crippen MR) is 71.2 cm³/mol. The van der Waals surface area contributed by atoms with Gasteiger partial charge in [-0.3, -0.25) is 4.68 Å². The Labute approximate surface area is 113 Å². The molecule has 1 heterocycles. The summed E-state index contributed by atoms with van der Waals surface area (Å²) in [6.07, 6.45) is 3.79. The zero-order chi connectivity index (χ0) is 13.3. The summed E-state index contributed by atoms with van der Waals surface area (Å²) in [4.78, 5) is 0. The molecule has 2 rings (SSSR count). The molecule has 0 spiro atoms. The third kappa shape index (κ3) is 2.25. The van der Waals surface area contributed by atoms with E-state index in [-0.39, 0.29) is 5.92 Å². The Morgan fingerprint density at radius 1 is 1.61 bits per heavy atom. The zero-order valence-electron chi connectivity index (χ0n) is 10.9. The minimum absolute atomic E-state index is 0.269. The summed E-state index contributed by atoms with van der Waals surface area (Å²) in [6.45, 7) is 4.66. The third-order valence-corrected chi connectivity index (χ3v) is 4.61. The molecule has 1 aromatic rings. The molecule has 98 valence electrons. The van der Waals surface area contributed by atoms with E-state index >= 15 is 0 Å². The van der Waals surface area contributed by atoms with Gasteiger partial charge in [-0.25, -0.2) is 0 Å². The van der Waals surface area contributed by atoms with Crippen LogP contribution in [0.2, 0.25) is 5.02 Å². The molecule has 1 fully saturated rings. The zero-order valence-corrected chi connectivity index (χ0v) is 11.7. The predicted octanol–water partition coefficient (Wildman–Crippen LogP) is 2.56. The molecular weight excluding hydrogens is 248 g/mol. The molecular formula is C13H19ClN4. The summed E-state index contributed by atoms with van der Waals surface area (Å²) in [5.74, 6) is 0.269. The van der Waals surface area contributed by atoms with Crippen LogP contribution in [0.1, 0.15) is 37.1 Å². The van der Waals surface area contributed by atoms with E-state index in [1.165, 1.54) is 0 Å². The molecule has 2 atom stereocenters. The number of nitrogens with zero attached hydrogens (tertiary/aromatic N) is 3. The first-order valence-electron chi connectivity index (χ1n) is 6.37. The first-order valence-corrected chi connectivity index (χ1v) is 6.75. The van der Waals surface area contributed by atoms with Crippen LogP contribution in [0.3, 0.4) is 0 Å². The van der Waals surface area contributed by atoms with E-state index in [0.717, 1.165) is 48.6 Å². The van der Waals surface area contributed by atoms with Gasteiger partial charge in [0, 0.05) is 6.54 Å². The van der Waals surface area contributed by atoms with Gasteiger partial charge in [-0.05, 0) is 39.0 Å². The molecule has 4 nitrogen and oxygen atoms in total. The van der Waals surface area contributed by atoms with Crippen LogP contribution in [0, 0.1) is 31.1 Å². The minimum atomic E-state index is -0.639. The largest absolute Gasteiger partial charge is 0.313 e. The monoisotopic (exact) mass is 266 g/mol. The number of halogens is 1. The topological polar surface area (TPSA) is 67.6 Å². The number of nitrogens with two attached hydrogens (primary N) is 1. The van der Waals surface area contributed by atoms with Crippen molar-refractivity contribution < 1.29 is 0 Å². The molecule has 5 heteroatoms. The molecule has 1 aromatic heterocycles. The molecule has 0 saturated heterocycles. The maximum absolute atomic E-state index is 9.18. The van der Waals surface area contributed by atoms with Crippen molar-refractivity contribution in [1.82, 2.24) is 9.78 Å². The number of aryl methyl sites for hydroxylation is 2. The summed E-state index contributed by atoms with van der Waals surface area (Å²) < 4.78 is 1.92. The Morgan fingerprint density at radius 2 is 2.33 bits per heavy atom. The average Bonchev–Trinajstić information content (AvgIpc) is 2.84. The minimum Gasteiger partial charge on any atom is -0.313 e. The second kappa shape index (κ2) is 4.91. The van der Waals surface area contributed by atoms with E-state index in [9.17, 15) is 5.26 Å². The quantitative estimate of drug-likeness (QED) is 0.914. The molecule has 1 aliphatic carbocycles. The van der Waals surface area contributed by atoms with Crippen molar-refractivity contribution in [3.05, 3.63) is 16.4 Å². The molecule has 0 amide bonds. The van der Waals surface area contributed by atoms with Crippen LogP contribution < -0.4 is 5.73 Å².